The van der Waals surface area contributed by atoms with Crippen LogP contribution in [0.5, 0.6) is 0 Å². The van der Waals surface area contributed by atoms with E-state index in [0.29, 0.717) is 23.4 Å². The molecule has 0 aromatic heterocycles. The Balaban J connectivity index is 2.21. The van der Waals surface area contributed by atoms with Crippen LogP contribution in [0.3, 0.4) is 0 Å². The van der Waals surface area contributed by atoms with Crippen LogP contribution in [-0.4, -0.2) is 11.7 Å². The summed E-state index contributed by atoms with van der Waals surface area (Å²) < 4.78 is 0. The molecule has 0 aliphatic carbocycles. The third kappa shape index (κ3) is 3.10. The summed E-state index contributed by atoms with van der Waals surface area (Å²) in [5, 5.41) is 2.75. The van der Waals surface area contributed by atoms with Crippen LogP contribution in [0.2, 0.25) is 0 Å². The maximum Gasteiger partial charge on any atom is 0.255 e. The topological polar surface area (TPSA) is 72.2 Å². The van der Waals surface area contributed by atoms with E-state index in [9.17, 15) is 9.59 Å². The van der Waals surface area contributed by atoms with Crippen LogP contribution < -0.4 is 11.1 Å². The van der Waals surface area contributed by atoms with Gasteiger partial charge in [-0.15, -0.1) is 0 Å². The van der Waals surface area contributed by atoms with Gasteiger partial charge in [-0.1, -0.05) is 24.3 Å². The number of amides is 1. The Labute approximate surface area is 117 Å². The fourth-order valence-electron chi connectivity index (χ4n) is 1.89. The van der Waals surface area contributed by atoms with E-state index in [4.69, 9.17) is 5.73 Å². The summed E-state index contributed by atoms with van der Waals surface area (Å²) in [5.74, 6) is -0.332. The van der Waals surface area contributed by atoms with Crippen molar-refractivity contribution in [1.82, 2.24) is 0 Å². The Bertz CT molecular complexity index is 633. The second-order valence-electron chi connectivity index (χ2n) is 4.46. The SMILES string of the molecule is CC(=O)c1ccccc1NC(=O)c1ccc(CN)cc1. The first kappa shape index (κ1) is 14.0. The molecule has 2 rings (SSSR count). The zero-order valence-electron chi connectivity index (χ0n) is 11.2. The minimum Gasteiger partial charge on any atom is -0.326 e. The zero-order valence-corrected chi connectivity index (χ0v) is 11.2. The number of ketones is 1. The highest BCUT2D eigenvalue weighted by Gasteiger charge is 2.10. The van der Waals surface area contributed by atoms with Gasteiger partial charge < -0.3 is 11.1 Å². The average molecular weight is 268 g/mol. The van der Waals surface area contributed by atoms with Crippen molar-refractivity contribution in [2.75, 3.05) is 5.32 Å². The van der Waals surface area contributed by atoms with Gasteiger partial charge in [-0.25, -0.2) is 0 Å². The van der Waals surface area contributed by atoms with E-state index in [-0.39, 0.29) is 11.7 Å². The molecule has 0 fully saturated rings. The lowest BCUT2D eigenvalue weighted by molar-refractivity contribution is 0.101. The van der Waals surface area contributed by atoms with Crippen molar-refractivity contribution in [2.24, 2.45) is 5.73 Å². The molecule has 4 heteroatoms. The molecule has 0 heterocycles. The Morgan fingerprint density at radius 2 is 1.70 bits per heavy atom. The van der Waals surface area contributed by atoms with Crippen LogP contribution in [0.4, 0.5) is 5.69 Å². The van der Waals surface area contributed by atoms with Gasteiger partial charge >= 0.3 is 0 Å². The molecule has 20 heavy (non-hydrogen) atoms. The summed E-state index contributed by atoms with van der Waals surface area (Å²) in [7, 11) is 0. The molecular formula is C16H16N2O2. The molecule has 0 spiro atoms. The normalized spacial score (nSPS) is 10.1. The van der Waals surface area contributed by atoms with Crippen LogP contribution in [0, 0.1) is 0 Å². The van der Waals surface area contributed by atoms with Crippen LogP contribution in [0.15, 0.2) is 48.5 Å². The van der Waals surface area contributed by atoms with Gasteiger partial charge in [-0.3, -0.25) is 9.59 Å². The summed E-state index contributed by atoms with van der Waals surface area (Å²) in [6, 6.07) is 14.0. The van der Waals surface area contributed by atoms with Crippen molar-refractivity contribution in [3.8, 4) is 0 Å². The first-order chi connectivity index (χ1) is 9.61. The fourth-order valence-corrected chi connectivity index (χ4v) is 1.89. The molecule has 0 radical (unpaired) electrons. The molecule has 0 bridgehead atoms. The van der Waals surface area contributed by atoms with Gasteiger partial charge in [0.2, 0.25) is 0 Å². The first-order valence-electron chi connectivity index (χ1n) is 6.32. The molecule has 0 aliphatic rings. The number of Topliss-reactive ketones (excluding diaryl/α,β-unsaturated/α-hetero) is 1. The van der Waals surface area contributed by atoms with Gasteiger partial charge in [-0.2, -0.15) is 0 Å². The van der Waals surface area contributed by atoms with Crippen molar-refractivity contribution >= 4 is 17.4 Å². The molecule has 3 N–H and O–H groups in total. The van der Waals surface area contributed by atoms with Crippen molar-refractivity contribution in [3.05, 3.63) is 65.2 Å². The van der Waals surface area contributed by atoms with Crippen molar-refractivity contribution in [1.29, 1.82) is 0 Å². The number of carbonyl (C=O) groups excluding carboxylic acids is 2. The van der Waals surface area contributed by atoms with E-state index >= 15 is 0 Å². The van der Waals surface area contributed by atoms with E-state index in [1.807, 2.05) is 12.1 Å². The standard InChI is InChI=1S/C16H16N2O2/c1-11(19)14-4-2-3-5-15(14)18-16(20)13-8-6-12(10-17)7-9-13/h2-9H,10,17H2,1H3,(H,18,20). The first-order valence-corrected chi connectivity index (χ1v) is 6.32. The molecule has 1 amide bonds. The minimum atomic E-state index is -0.248. The smallest absolute Gasteiger partial charge is 0.255 e. The highest BCUT2D eigenvalue weighted by Crippen LogP contribution is 2.17. The summed E-state index contributed by atoms with van der Waals surface area (Å²) in [4.78, 5) is 23.6. The lowest BCUT2D eigenvalue weighted by Crippen LogP contribution is -2.14. The molecular weight excluding hydrogens is 252 g/mol. The van der Waals surface area contributed by atoms with Gasteiger partial charge in [0.25, 0.3) is 5.91 Å². The third-order valence-electron chi connectivity index (χ3n) is 3.01. The minimum absolute atomic E-state index is 0.0839. The molecule has 0 saturated carbocycles. The van der Waals surface area contributed by atoms with Crippen LogP contribution in [0.1, 0.15) is 33.2 Å². The Kier molecular flexibility index (Phi) is 4.27. The lowest BCUT2D eigenvalue weighted by Gasteiger charge is -2.09. The monoisotopic (exact) mass is 268 g/mol. The molecule has 0 saturated heterocycles. The van der Waals surface area contributed by atoms with E-state index in [2.05, 4.69) is 5.32 Å². The van der Waals surface area contributed by atoms with Gasteiger partial charge in [-0.05, 0) is 36.8 Å². The largest absolute Gasteiger partial charge is 0.326 e. The highest BCUT2D eigenvalue weighted by molar-refractivity contribution is 6.08. The number of para-hydroxylation sites is 1. The zero-order chi connectivity index (χ0) is 14.5. The van der Waals surface area contributed by atoms with Crippen molar-refractivity contribution < 1.29 is 9.59 Å². The second kappa shape index (κ2) is 6.12. The number of rotatable bonds is 4. The quantitative estimate of drug-likeness (QED) is 0.837. The van der Waals surface area contributed by atoms with E-state index in [1.54, 1.807) is 36.4 Å². The van der Waals surface area contributed by atoms with E-state index in [1.165, 1.54) is 6.92 Å². The molecule has 0 unspecified atom stereocenters. The number of hydrogen-bond acceptors (Lipinski definition) is 3. The van der Waals surface area contributed by atoms with Crippen molar-refractivity contribution in [2.45, 2.75) is 13.5 Å². The number of nitrogens with one attached hydrogen (secondary N) is 1. The maximum atomic E-state index is 12.1. The number of hydrogen-bond donors (Lipinski definition) is 2. The summed E-state index contributed by atoms with van der Waals surface area (Å²) >= 11 is 0. The molecule has 2 aromatic rings. The number of carbonyl (C=O) groups is 2. The predicted molar refractivity (Wildman–Crippen MR) is 78.7 cm³/mol. The van der Waals surface area contributed by atoms with Gasteiger partial charge in [0.05, 0.1) is 5.69 Å². The molecule has 2 aromatic carbocycles. The fraction of sp³-hybridized carbons (Fsp3) is 0.125. The maximum absolute atomic E-state index is 12.1. The average Bonchev–Trinajstić information content (AvgIpc) is 2.47. The number of benzene rings is 2. The van der Waals surface area contributed by atoms with Crippen molar-refractivity contribution in [3.63, 3.8) is 0 Å². The van der Waals surface area contributed by atoms with E-state index < -0.39 is 0 Å². The Morgan fingerprint density at radius 1 is 1.05 bits per heavy atom. The van der Waals surface area contributed by atoms with Crippen LogP contribution >= 0.6 is 0 Å². The molecule has 0 atom stereocenters. The Morgan fingerprint density at radius 3 is 2.30 bits per heavy atom. The van der Waals surface area contributed by atoms with Gasteiger partial charge in [0, 0.05) is 17.7 Å². The number of nitrogens with two attached hydrogens (primary N) is 1. The Hall–Kier alpha value is -2.46. The highest BCUT2D eigenvalue weighted by atomic mass is 16.1. The lowest BCUT2D eigenvalue weighted by atomic mass is 10.1. The summed E-state index contributed by atoms with van der Waals surface area (Å²) in [6.45, 7) is 1.91. The third-order valence-corrected chi connectivity index (χ3v) is 3.01. The van der Waals surface area contributed by atoms with Crippen LogP contribution in [-0.2, 0) is 6.54 Å². The number of anilines is 1. The predicted octanol–water partition coefficient (Wildman–Crippen LogP) is 2.60. The van der Waals surface area contributed by atoms with Gasteiger partial charge in [0.1, 0.15) is 0 Å². The molecule has 0 aliphatic heterocycles. The molecule has 4 nitrogen and oxygen atoms in total. The van der Waals surface area contributed by atoms with E-state index in [0.717, 1.165) is 5.56 Å². The second-order valence-corrected chi connectivity index (χ2v) is 4.46. The van der Waals surface area contributed by atoms with Gasteiger partial charge in [0.15, 0.2) is 5.78 Å². The summed E-state index contributed by atoms with van der Waals surface area (Å²) in [5.41, 5.74) is 8.03. The summed E-state index contributed by atoms with van der Waals surface area (Å²) in [6.07, 6.45) is 0. The van der Waals surface area contributed by atoms with Crippen LogP contribution in [0.25, 0.3) is 0 Å². The molecule has 102 valence electrons.